The normalized spacial score (nSPS) is 12.0. The average molecular weight is 369 g/mol. The van der Waals surface area contributed by atoms with Crippen molar-refractivity contribution in [2.45, 2.75) is 18.7 Å². The molecule has 0 heterocycles. The van der Waals surface area contributed by atoms with Gasteiger partial charge in [-0.1, -0.05) is 62.4 Å². The van der Waals surface area contributed by atoms with Crippen LogP contribution in [0.1, 0.15) is 13.8 Å². The highest BCUT2D eigenvalue weighted by molar-refractivity contribution is 7.89. The van der Waals surface area contributed by atoms with Crippen LogP contribution in [0.15, 0.2) is 59.5 Å². The molecule has 0 unspecified atom stereocenters. The largest absolute Gasteiger partial charge is 0.330 e. The van der Waals surface area contributed by atoms with E-state index in [2.05, 4.69) is 0 Å². The average Bonchev–Trinajstić information content (AvgIpc) is 2.55. The second-order valence-electron chi connectivity index (χ2n) is 6.49. The van der Waals surface area contributed by atoms with E-state index >= 15 is 0 Å². The molecule has 0 saturated carbocycles. The van der Waals surface area contributed by atoms with Gasteiger partial charge in [-0.15, -0.1) is 12.4 Å². The Bertz CT molecular complexity index is 762. The highest BCUT2D eigenvalue weighted by Crippen LogP contribution is 2.30. The Morgan fingerprint density at radius 3 is 2.12 bits per heavy atom. The third-order valence-corrected chi connectivity index (χ3v) is 5.72. The highest BCUT2D eigenvalue weighted by atomic mass is 35.5. The van der Waals surface area contributed by atoms with Crippen LogP contribution >= 0.6 is 12.4 Å². The smallest absolute Gasteiger partial charge is 0.243 e. The molecule has 0 aliphatic heterocycles. The van der Waals surface area contributed by atoms with Crippen molar-refractivity contribution in [2.24, 2.45) is 11.1 Å². The molecule has 0 aliphatic rings. The summed E-state index contributed by atoms with van der Waals surface area (Å²) in [5.41, 5.74) is 7.06. The van der Waals surface area contributed by atoms with Gasteiger partial charge in [0.1, 0.15) is 0 Å². The van der Waals surface area contributed by atoms with Gasteiger partial charge in [-0.3, -0.25) is 0 Å². The van der Waals surface area contributed by atoms with Gasteiger partial charge in [-0.25, -0.2) is 12.7 Å². The van der Waals surface area contributed by atoms with Crippen LogP contribution < -0.4 is 5.73 Å². The monoisotopic (exact) mass is 368 g/mol. The van der Waals surface area contributed by atoms with Crippen molar-refractivity contribution in [3.63, 3.8) is 0 Å². The lowest BCUT2D eigenvalue weighted by molar-refractivity contribution is 0.292. The van der Waals surface area contributed by atoms with Crippen LogP contribution in [0.2, 0.25) is 0 Å². The number of nitrogens with two attached hydrogens (primary N) is 1. The number of hydrogen-bond acceptors (Lipinski definition) is 3. The van der Waals surface area contributed by atoms with Crippen LogP contribution in [0.3, 0.4) is 0 Å². The van der Waals surface area contributed by atoms with Gasteiger partial charge in [0.25, 0.3) is 0 Å². The molecule has 0 fully saturated rings. The van der Waals surface area contributed by atoms with Crippen LogP contribution in [-0.4, -0.2) is 32.9 Å². The summed E-state index contributed by atoms with van der Waals surface area (Å²) < 4.78 is 27.4. The van der Waals surface area contributed by atoms with Gasteiger partial charge in [0.05, 0.1) is 4.90 Å². The lowest BCUT2D eigenvalue weighted by Crippen LogP contribution is -2.39. The molecule has 0 aromatic heterocycles. The minimum atomic E-state index is -3.58. The fraction of sp³-hybridized carbons (Fsp3) is 0.333. The predicted octanol–water partition coefficient (Wildman–Crippen LogP) is 3.38. The molecule has 2 aromatic rings. The highest BCUT2D eigenvalue weighted by Gasteiger charge is 2.28. The van der Waals surface area contributed by atoms with Crippen molar-refractivity contribution in [3.05, 3.63) is 54.6 Å². The molecule has 0 radical (unpaired) electrons. The lowest BCUT2D eigenvalue weighted by Gasteiger charge is -2.29. The molecule has 4 nitrogen and oxygen atoms in total. The minimum Gasteiger partial charge on any atom is -0.330 e. The molecule has 6 heteroatoms. The van der Waals surface area contributed by atoms with Gasteiger partial charge in [-0.05, 0) is 23.6 Å². The van der Waals surface area contributed by atoms with E-state index in [0.717, 1.165) is 5.56 Å². The Kier molecular flexibility index (Phi) is 6.98. The number of rotatable bonds is 6. The number of benzene rings is 2. The van der Waals surface area contributed by atoms with E-state index in [0.29, 0.717) is 23.5 Å². The third kappa shape index (κ3) is 4.57. The topological polar surface area (TPSA) is 63.4 Å². The Hall–Kier alpha value is -1.40. The Balaban J connectivity index is 0.00000288. The maximum absolute atomic E-state index is 13.0. The van der Waals surface area contributed by atoms with Crippen molar-refractivity contribution in [1.29, 1.82) is 0 Å². The fourth-order valence-electron chi connectivity index (χ4n) is 2.47. The molecular formula is C18H25ClN2O2S. The number of hydrogen-bond donors (Lipinski definition) is 1. The van der Waals surface area contributed by atoms with Gasteiger partial charge < -0.3 is 5.73 Å². The fourth-order valence-corrected chi connectivity index (χ4v) is 4.04. The van der Waals surface area contributed by atoms with Crippen molar-refractivity contribution in [2.75, 3.05) is 20.1 Å². The van der Waals surface area contributed by atoms with Crippen molar-refractivity contribution >= 4 is 22.4 Å². The summed E-state index contributed by atoms with van der Waals surface area (Å²) in [5.74, 6) is 0. The molecular weight excluding hydrogens is 344 g/mol. The van der Waals surface area contributed by atoms with Gasteiger partial charge >= 0.3 is 0 Å². The molecule has 2 N–H and O–H groups in total. The number of halogens is 1. The van der Waals surface area contributed by atoms with Crippen LogP contribution in [0.4, 0.5) is 0 Å². The molecule has 0 amide bonds. The van der Waals surface area contributed by atoms with Crippen molar-refractivity contribution in [1.82, 2.24) is 4.31 Å². The third-order valence-electron chi connectivity index (χ3n) is 3.86. The molecule has 132 valence electrons. The molecule has 24 heavy (non-hydrogen) atoms. The summed E-state index contributed by atoms with van der Waals surface area (Å²) in [5, 5.41) is 0. The van der Waals surface area contributed by atoms with E-state index < -0.39 is 10.0 Å². The van der Waals surface area contributed by atoms with Crippen molar-refractivity contribution < 1.29 is 8.42 Å². The second-order valence-corrected chi connectivity index (χ2v) is 8.50. The molecule has 2 aromatic carbocycles. The molecule has 2 rings (SSSR count). The number of sulfonamides is 1. The van der Waals surface area contributed by atoms with E-state index in [1.807, 2.05) is 56.3 Å². The van der Waals surface area contributed by atoms with E-state index in [4.69, 9.17) is 5.73 Å². The van der Waals surface area contributed by atoms with Crippen LogP contribution in [0, 0.1) is 5.41 Å². The summed E-state index contributed by atoms with van der Waals surface area (Å²) in [7, 11) is -1.98. The van der Waals surface area contributed by atoms with E-state index in [1.54, 1.807) is 19.2 Å². The maximum atomic E-state index is 13.0. The van der Waals surface area contributed by atoms with Crippen LogP contribution in [0.25, 0.3) is 11.1 Å². The van der Waals surface area contributed by atoms with E-state index in [-0.39, 0.29) is 17.8 Å². The quantitative estimate of drug-likeness (QED) is 0.850. The summed E-state index contributed by atoms with van der Waals surface area (Å²) in [4.78, 5) is 0.321. The van der Waals surface area contributed by atoms with Crippen molar-refractivity contribution in [3.8, 4) is 11.1 Å². The van der Waals surface area contributed by atoms with Gasteiger partial charge in [-0.2, -0.15) is 0 Å². The van der Waals surface area contributed by atoms with Crippen LogP contribution in [0.5, 0.6) is 0 Å². The SMILES string of the molecule is CN(CC(C)(C)CN)S(=O)(=O)c1ccccc1-c1ccccc1.Cl. The first-order valence-corrected chi connectivity index (χ1v) is 9.03. The first-order valence-electron chi connectivity index (χ1n) is 7.59. The first-order chi connectivity index (χ1) is 10.8. The Morgan fingerprint density at radius 2 is 1.54 bits per heavy atom. The molecule has 0 saturated heterocycles. The summed E-state index contributed by atoms with van der Waals surface area (Å²) in [6.07, 6.45) is 0. The molecule has 0 aliphatic carbocycles. The van der Waals surface area contributed by atoms with E-state index in [9.17, 15) is 8.42 Å². The maximum Gasteiger partial charge on any atom is 0.243 e. The Labute approximate surface area is 151 Å². The molecule has 0 spiro atoms. The first kappa shape index (κ1) is 20.6. The predicted molar refractivity (Wildman–Crippen MR) is 102 cm³/mol. The second kappa shape index (κ2) is 8.12. The Morgan fingerprint density at radius 1 is 1.00 bits per heavy atom. The zero-order valence-electron chi connectivity index (χ0n) is 14.3. The lowest BCUT2D eigenvalue weighted by atomic mass is 9.94. The number of nitrogens with zero attached hydrogens (tertiary/aromatic N) is 1. The zero-order valence-corrected chi connectivity index (χ0v) is 15.9. The van der Waals surface area contributed by atoms with E-state index in [1.165, 1.54) is 4.31 Å². The van der Waals surface area contributed by atoms with Crippen LogP contribution in [-0.2, 0) is 10.0 Å². The summed E-state index contributed by atoms with van der Waals surface area (Å²) >= 11 is 0. The minimum absolute atomic E-state index is 0. The summed E-state index contributed by atoms with van der Waals surface area (Å²) in [6, 6.07) is 16.6. The zero-order chi connectivity index (χ0) is 17.1. The summed E-state index contributed by atoms with van der Waals surface area (Å²) in [6.45, 7) is 4.71. The molecule has 0 atom stereocenters. The standard InChI is InChI=1S/C18H24N2O2S.ClH/c1-18(2,13-19)14-20(3)23(21,22)17-12-8-7-11-16(17)15-9-5-4-6-10-15;/h4-12H,13-14,19H2,1-3H3;1H. The van der Waals surface area contributed by atoms with Gasteiger partial charge in [0.15, 0.2) is 0 Å². The van der Waals surface area contributed by atoms with Gasteiger partial charge in [0.2, 0.25) is 10.0 Å². The molecule has 0 bridgehead atoms. The van der Waals surface area contributed by atoms with Gasteiger partial charge in [0, 0.05) is 19.2 Å².